The van der Waals surface area contributed by atoms with Crippen LogP contribution in [0.25, 0.3) is 11.2 Å². The van der Waals surface area contributed by atoms with Crippen molar-refractivity contribution in [3.05, 3.63) is 16.7 Å². The molecule has 11 nitrogen and oxygen atoms in total. The van der Waals surface area contributed by atoms with Gasteiger partial charge >= 0.3 is 7.82 Å². The van der Waals surface area contributed by atoms with E-state index in [1.807, 2.05) is 0 Å². The molecule has 2 aromatic heterocycles. The molecule has 0 aliphatic carbocycles. The Bertz CT molecular complexity index is 743. The van der Waals surface area contributed by atoms with Gasteiger partial charge < -0.3 is 19.5 Å². The van der Waals surface area contributed by atoms with E-state index < -0.39 is 39.0 Å². The van der Waals surface area contributed by atoms with Crippen molar-refractivity contribution in [3.8, 4) is 0 Å². The van der Waals surface area contributed by atoms with Crippen LogP contribution in [0.15, 0.2) is 11.1 Å². The highest BCUT2D eigenvalue weighted by Crippen LogP contribution is 2.36. The smallest absolute Gasteiger partial charge is 0.348 e. The minimum absolute atomic E-state index is 0.0128. The van der Waals surface area contributed by atoms with E-state index in [-0.39, 0.29) is 11.2 Å². The standard InChI is InChI=1S/C9H13FN5O6P/c1-5(21-6(2-10)3-20-22(17,18)19)15-8-7(13-14-15)9(16)12-4-11-8/h4-6H,2-3H2,1H3,(H,11,12,16)(H2,17,18,19)/t5-,6+/m1/s1. The maximum absolute atomic E-state index is 12.8. The summed E-state index contributed by atoms with van der Waals surface area (Å²) >= 11 is 0. The zero-order chi connectivity index (χ0) is 16.3. The van der Waals surface area contributed by atoms with Crippen LogP contribution >= 0.6 is 7.82 Å². The second kappa shape index (κ2) is 6.58. The monoisotopic (exact) mass is 337 g/mol. The lowest BCUT2D eigenvalue weighted by Gasteiger charge is -2.20. The maximum Gasteiger partial charge on any atom is 0.469 e. The van der Waals surface area contributed by atoms with E-state index in [4.69, 9.17) is 14.5 Å². The highest BCUT2D eigenvalue weighted by molar-refractivity contribution is 7.46. The van der Waals surface area contributed by atoms with E-state index in [0.29, 0.717) is 0 Å². The number of halogens is 1. The summed E-state index contributed by atoms with van der Waals surface area (Å²) in [5.41, 5.74) is -0.374. The Kier molecular flexibility index (Phi) is 4.98. The van der Waals surface area contributed by atoms with Gasteiger partial charge in [0.25, 0.3) is 5.56 Å². The van der Waals surface area contributed by atoms with Crippen LogP contribution in [0.2, 0.25) is 0 Å². The van der Waals surface area contributed by atoms with Crippen LogP contribution in [0.3, 0.4) is 0 Å². The third kappa shape index (κ3) is 3.93. The lowest BCUT2D eigenvalue weighted by molar-refractivity contribution is -0.0764. The Hall–Kier alpha value is -1.72. The van der Waals surface area contributed by atoms with E-state index in [9.17, 15) is 13.8 Å². The maximum atomic E-state index is 12.8. The van der Waals surface area contributed by atoms with Crippen molar-refractivity contribution in [2.45, 2.75) is 19.3 Å². The van der Waals surface area contributed by atoms with Gasteiger partial charge in [-0.2, -0.15) is 4.68 Å². The number of aromatic amines is 1. The van der Waals surface area contributed by atoms with Crippen molar-refractivity contribution >= 4 is 19.0 Å². The van der Waals surface area contributed by atoms with Gasteiger partial charge in [0.2, 0.25) is 0 Å². The molecule has 0 aliphatic rings. The fourth-order valence-electron chi connectivity index (χ4n) is 1.66. The van der Waals surface area contributed by atoms with Crippen molar-refractivity contribution in [1.82, 2.24) is 25.0 Å². The van der Waals surface area contributed by atoms with Crippen LogP contribution in [0.1, 0.15) is 13.2 Å². The molecule has 2 aromatic rings. The highest BCUT2D eigenvalue weighted by atomic mass is 31.2. The summed E-state index contributed by atoms with van der Waals surface area (Å²) in [5.74, 6) is 0. The average molecular weight is 337 g/mol. The molecule has 0 radical (unpaired) electrons. The Balaban J connectivity index is 2.12. The zero-order valence-corrected chi connectivity index (χ0v) is 12.2. The van der Waals surface area contributed by atoms with Gasteiger partial charge in [-0.3, -0.25) is 9.32 Å². The van der Waals surface area contributed by atoms with E-state index in [2.05, 4.69) is 24.8 Å². The number of fused-ring (bicyclic) bond motifs is 1. The molecule has 0 saturated heterocycles. The summed E-state index contributed by atoms with van der Waals surface area (Å²) in [7, 11) is -4.72. The molecule has 2 atom stereocenters. The van der Waals surface area contributed by atoms with Gasteiger partial charge in [-0.25, -0.2) is 13.9 Å². The number of H-pyrrole nitrogens is 1. The second-order valence-corrected chi connectivity index (χ2v) is 5.48. The largest absolute Gasteiger partial charge is 0.469 e. The molecule has 0 fully saturated rings. The minimum Gasteiger partial charge on any atom is -0.348 e. The van der Waals surface area contributed by atoms with Gasteiger partial charge in [-0.15, -0.1) is 5.10 Å². The van der Waals surface area contributed by atoms with E-state index in [0.717, 1.165) is 11.0 Å². The molecule has 0 aromatic carbocycles. The van der Waals surface area contributed by atoms with Crippen molar-refractivity contribution in [2.75, 3.05) is 13.3 Å². The number of nitrogens with one attached hydrogen (secondary N) is 1. The topological polar surface area (TPSA) is 152 Å². The molecule has 3 N–H and O–H groups in total. The normalized spacial score (nSPS) is 15.1. The number of hydrogen-bond donors (Lipinski definition) is 3. The zero-order valence-electron chi connectivity index (χ0n) is 11.3. The van der Waals surface area contributed by atoms with E-state index in [1.165, 1.54) is 6.92 Å². The summed E-state index contributed by atoms with van der Waals surface area (Å²) in [6.07, 6.45) is -0.967. The van der Waals surface area contributed by atoms with Gasteiger partial charge in [0.05, 0.1) is 12.9 Å². The molecule has 0 unspecified atom stereocenters. The first-order chi connectivity index (χ1) is 10.3. The lowest BCUT2D eigenvalue weighted by Crippen LogP contribution is -2.26. The van der Waals surface area contributed by atoms with Crippen molar-refractivity contribution in [1.29, 1.82) is 0 Å². The molecule has 0 spiro atoms. The fraction of sp³-hybridized carbons (Fsp3) is 0.556. The second-order valence-electron chi connectivity index (χ2n) is 4.24. The van der Waals surface area contributed by atoms with Gasteiger partial charge in [-0.05, 0) is 6.92 Å². The Morgan fingerprint density at radius 2 is 2.27 bits per heavy atom. The molecule has 122 valence electrons. The Labute approximate surface area is 122 Å². The van der Waals surface area contributed by atoms with Crippen molar-refractivity contribution < 1.29 is 28.0 Å². The first-order valence-corrected chi connectivity index (χ1v) is 7.55. The van der Waals surface area contributed by atoms with Crippen LogP contribution < -0.4 is 5.56 Å². The number of phosphoric ester groups is 1. The third-order valence-electron chi connectivity index (χ3n) is 2.60. The summed E-state index contributed by atoms with van der Waals surface area (Å²) in [6.45, 7) is -0.201. The lowest BCUT2D eigenvalue weighted by atomic mass is 10.4. The fourth-order valence-corrected chi connectivity index (χ4v) is 2.02. The predicted octanol–water partition coefficient (Wildman–Crippen LogP) is -0.503. The number of hydrogen-bond acceptors (Lipinski definition) is 7. The molecule has 0 saturated carbocycles. The highest BCUT2D eigenvalue weighted by Gasteiger charge is 2.23. The number of aromatic nitrogens is 5. The molecule has 0 aliphatic heterocycles. The SMILES string of the molecule is C[C@@H](O[C@@H](CF)COP(=O)(O)O)n1nnc2c(=O)[nH]cnc21. The summed E-state index contributed by atoms with van der Waals surface area (Å²) < 4.78 is 34.0. The Morgan fingerprint density at radius 3 is 2.91 bits per heavy atom. The minimum atomic E-state index is -4.72. The number of nitrogens with zero attached hydrogens (tertiary/aromatic N) is 4. The van der Waals surface area contributed by atoms with Crippen molar-refractivity contribution in [2.24, 2.45) is 0 Å². The summed E-state index contributed by atoms with van der Waals surface area (Å²) in [5, 5.41) is 7.33. The van der Waals surface area contributed by atoms with Gasteiger partial charge in [0, 0.05) is 0 Å². The number of phosphoric acid groups is 1. The van der Waals surface area contributed by atoms with Crippen LogP contribution in [0, 0.1) is 0 Å². The van der Waals surface area contributed by atoms with E-state index >= 15 is 0 Å². The molecular formula is C9H13FN5O6P. The number of ether oxygens (including phenoxy) is 1. The third-order valence-corrected chi connectivity index (χ3v) is 3.09. The van der Waals surface area contributed by atoms with Gasteiger partial charge in [0.15, 0.2) is 17.4 Å². The van der Waals surface area contributed by atoms with Crippen LogP contribution in [-0.4, -0.2) is 54.1 Å². The van der Waals surface area contributed by atoms with Crippen molar-refractivity contribution in [3.63, 3.8) is 0 Å². The molecule has 2 heterocycles. The van der Waals surface area contributed by atoms with Crippen LogP contribution in [0.5, 0.6) is 0 Å². The molecule has 0 bridgehead atoms. The van der Waals surface area contributed by atoms with Crippen LogP contribution in [0.4, 0.5) is 4.39 Å². The number of alkyl halides is 1. The van der Waals surface area contributed by atoms with Gasteiger partial charge in [0.1, 0.15) is 12.8 Å². The summed E-state index contributed by atoms with van der Waals surface area (Å²) in [4.78, 5) is 34.9. The number of rotatable bonds is 7. The molecule has 13 heteroatoms. The summed E-state index contributed by atoms with van der Waals surface area (Å²) in [6, 6.07) is 0. The first kappa shape index (κ1) is 16.6. The first-order valence-electron chi connectivity index (χ1n) is 6.02. The van der Waals surface area contributed by atoms with Crippen LogP contribution in [-0.2, 0) is 13.8 Å². The molecule has 22 heavy (non-hydrogen) atoms. The predicted molar refractivity (Wildman–Crippen MR) is 69.5 cm³/mol. The average Bonchev–Trinajstić information content (AvgIpc) is 2.87. The van der Waals surface area contributed by atoms with Gasteiger partial charge in [-0.1, -0.05) is 5.21 Å². The molecular weight excluding hydrogens is 324 g/mol. The Morgan fingerprint density at radius 1 is 1.55 bits per heavy atom. The quantitative estimate of drug-likeness (QED) is 0.567. The van der Waals surface area contributed by atoms with E-state index in [1.54, 1.807) is 0 Å². The molecule has 0 amide bonds. The molecule has 2 rings (SSSR count).